The first-order valence-corrected chi connectivity index (χ1v) is 15.3. The number of halogens is 2. The van der Waals surface area contributed by atoms with Crippen LogP contribution in [0.5, 0.6) is 0 Å². The van der Waals surface area contributed by atoms with Crippen LogP contribution in [0.4, 0.5) is 5.00 Å². The van der Waals surface area contributed by atoms with Crippen molar-refractivity contribution in [1.82, 2.24) is 25.7 Å². The molecule has 5 N–H and O–H groups in total. The predicted octanol–water partition coefficient (Wildman–Crippen LogP) is 3.21. The van der Waals surface area contributed by atoms with Crippen LogP contribution in [0.3, 0.4) is 0 Å². The van der Waals surface area contributed by atoms with Crippen LogP contribution in [0, 0.1) is 0 Å². The van der Waals surface area contributed by atoms with E-state index in [4.69, 9.17) is 28.3 Å². The fraction of sp³-hybridized carbons (Fsp3) is 0.360. The number of aryl methyl sites for hydroxylation is 1. The van der Waals surface area contributed by atoms with Crippen LogP contribution < -0.4 is 21.6 Å². The van der Waals surface area contributed by atoms with Gasteiger partial charge in [0.1, 0.15) is 5.88 Å². The van der Waals surface area contributed by atoms with Gasteiger partial charge in [-0.05, 0) is 61.1 Å². The lowest BCUT2D eigenvalue weighted by Crippen LogP contribution is -2.43. The van der Waals surface area contributed by atoms with Crippen LogP contribution >= 0.6 is 46.3 Å². The summed E-state index contributed by atoms with van der Waals surface area (Å²) in [6.07, 6.45) is 4.26. The molecule has 2 aromatic heterocycles. The van der Waals surface area contributed by atoms with Gasteiger partial charge >= 0.3 is 5.97 Å². The molecule has 3 amide bonds. The zero-order chi connectivity index (χ0) is 29.4. The standard InChI is InChI=1S/C25H27Cl2N7O5S2/c26-12-20(35)30-31-21(36)13-40-25-32-29-19(34(25)33-23(39)14-5-7-15(27)8-6-14)11-17-16-3-1-2-4-18(16)41-24(17)28-10-9-22(37)38/h5-8,28H,1-4,9-13H2,(H,30,35)(H,31,36)(H,33,39)(H,37,38). The van der Waals surface area contributed by atoms with Crippen molar-refractivity contribution in [2.75, 3.05) is 28.9 Å². The number of carbonyl (C=O) groups is 4. The summed E-state index contributed by atoms with van der Waals surface area (Å²) in [4.78, 5) is 49.0. The molecular formula is C25H27Cl2N7O5S2. The maximum Gasteiger partial charge on any atom is 0.305 e. The number of nitrogens with one attached hydrogen (secondary N) is 4. The van der Waals surface area contributed by atoms with Crippen molar-refractivity contribution in [3.8, 4) is 0 Å². The molecule has 0 fully saturated rings. The molecule has 0 spiro atoms. The van der Waals surface area contributed by atoms with E-state index in [1.165, 1.54) is 15.1 Å². The molecule has 0 saturated heterocycles. The summed E-state index contributed by atoms with van der Waals surface area (Å²) in [7, 11) is 0. The molecule has 0 bridgehead atoms. The normalized spacial score (nSPS) is 12.3. The van der Waals surface area contributed by atoms with Crippen LogP contribution in [0.25, 0.3) is 0 Å². The number of rotatable bonds is 12. The summed E-state index contributed by atoms with van der Waals surface area (Å²) in [6.45, 7) is 0.276. The number of aliphatic carboxylic acids is 1. The summed E-state index contributed by atoms with van der Waals surface area (Å²) in [5.74, 6) is -2.40. The maximum absolute atomic E-state index is 13.1. The third-order valence-corrected chi connectivity index (χ3v) is 8.77. The van der Waals surface area contributed by atoms with E-state index < -0.39 is 23.7 Å². The van der Waals surface area contributed by atoms with Crippen LogP contribution in [-0.4, -0.2) is 61.8 Å². The minimum atomic E-state index is -0.891. The second kappa shape index (κ2) is 14.5. The monoisotopic (exact) mass is 639 g/mol. The molecule has 0 aliphatic heterocycles. The number of thiophene rings is 1. The van der Waals surface area contributed by atoms with Gasteiger partial charge in [-0.3, -0.25) is 35.5 Å². The quantitative estimate of drug-likeness (QED) is 0.113. The lowest BCUT2D eigenvalue weighted by molar-refractivity contribution is -0.136. The molecule has 41 heavy (non-hydrogen) atoms. The predicted molar refractivity (Wildman–Crippen MR) is 157 cm³/mol. The third kappa shape index (κ3) is 8.35. The maximum atomic E-state index is 13.1. The second-order valence-electron chi connectivity index (χ2n) is 8.97. The molecule has 0 unspecified atom stereocenters. The van der Waals surface area contributed by atoms with Gasteiger partial charge in [-0.2, -0.15) is 0 Å². The Labute approximate surface area is 253 Å². The van der Waals surface area contributed by atoms with Crippen molar-refractivity contribution in [2.45, 2.75) is 43.7 Å². The minimum Gasteiger partial charge on any atom is -0.481 e. The molecule has 1 aromatic carbocycles. The van der Waals surface area contributed by atoms with Crippen LogP contribution in [-0.2, 0) is 33.6 Å². The lowest BCUT2D eigenvalue weighted by atomic mass is 9.94. The Hall–Kier alpha value is -3.33. The van der Waals surface area contributed by atoms with Crippen LogP contribution in [0.1, 0.15) is 51.4 Å². The number of carboxylic acid groups (broad SMARTS) is 1. The molecular weight excluding hydrogens is 613 g/mol. The lowest BCUT2D eigenvalue weighted by Gasteiger charge is -2.15. The van der Waals surface area contributed by atoms with Gasteiger partial charge in [-0.15, -0.1) is 33.1 Å². The van der Waals surface area contributed by atoms with E-state index in [1.807, 2.05) is 0 Å². The topological polar surface area (TPSA) is 167 Å². The number of fused-ring (bicyclic) bond motifs is 1. The molecule has 0 atom stereocenters. The Bertz CT molecular complexity index is 1430. The summed E-state index contributed by atoms with van der Waals surface area (Å²) in [5, 5.41) is 22.5. The summed E-state index contributed by atoms with van der Waals surface area (Å²) < 4.78 is 1.44. The summed E-state index contributed by atoms with van der Waals surface area (Å²) in [6, 6.07) is 6.37. The molecule has 16 heteroatoms. The average molecular weight is 641 g/mol. The Morgan fingerprint density at radius 3 is 2.51 bits per heavy atom. The number of alkyl halides is 1. The number of hydrazine groups is 1. The average Bonchev–Trinajstić information content (AvgIpc) is 3.51. The van der Waals surface area contributed by atoms with Crippen LogP contribution in [0.2, 0.25) is 5.02 Å². The number of aromatic nitrogens is 3. The summed E-state index contributed by atoms with van der Waals surface area (Å²) in [5.41, 5.74) is 9.82. The van der Waals surface area contributed by atoms with E-state index in [2.05, 4.69) is 31.8 Å². The fourth-order valence-electron chi connectivity index (χ4n) is 4.13. The zero-order valence-electron chi connectivity index (χ0n) is 21.7. The van der Waals surface area contributed by atoms with E-state index in [0.717, 1.165) is 48.0 Å². The first-order chi connectivity index (χ1) is 19.7. The first kappa shape index (κ1) is 30.6. The van der Waals surface area contributed by atoms with Crippen molar-refractivity contribution in [3.05, 3.63) is 56.7 Å². The van der Waals surface area contributed by atoms with Crippen molar-refractivity contribution in [3.63, 3.8) is 0 Å². The van der Waals surface area contributed by atoms with Gasteiger partial charge in [0, 0.05) is 28.4 Å². The molecule has 12 nitrogen and oxygen atoms in total. The molecule has 3 aromatic rings. The highest BCUT2D eigenvalue weighted by molar-refractivity contribution is 7.99. The van der Waals surface area contributed by atoms with Crippen molar-refractivity contribution in [2.24, 2.45) is 0 Å². The van der Waals surface area contributed by atoms with E-state index in [-0.39, 0.29) is 29.8 Å². The number of thioether (sulfide) groups is 1. The SMILES string of the molecule is O=C(O)CCNc1sc2c(c1Cc1nnc(SCC(=O)NNC(=O)CCl)n1NC(=O)c1ccc(Cl)cc1)CCCC2. The van der Waals surface area contributed by atoms with Gasteiger partial charge in [-0.1, -0.05) is 23.4 Å². The second-order valence-corrected chi connectivity index (χ2v) is 11.7. The van der Waals surface area contributed by atoms with Gasteiger partial charge in [0.15, 0.2) is 5.82 Å². The summed E-state index contributed by atoms with van der Waals surface area (Å²) >= 11 is 14.0. The Morgan fingerprint density at radius 1 is 1.05 bits per heavy atom. The number of anilines is 1. The zero-order valence-corrected chi connectivity index (χ0v) is 24.8. The fourth-order valence-corrected chi connectivity index (χ4v) is 6.37. The highest BCUT2D eigenvalue weighted by Gasteiger charge is 2.25. The Morgan fingerprint density at radius 2 is 1.78 bits per heavy atom. The van der Waals surface area contributed by atoms with E-state index >= 15 is 0 Å². The van der Waals surface area contributed by atoms with Crippen LogP contribution in [0.15, 0.2) is 29.4 Å². The van der Waals surface area contributed by atoms with Gasteiger partial charge in [-0.25, -0.2) is 4.68 Å². The molecule has 1 aliphatic carbocycles. The Kier molecular flexibility index (Phi) is 10.9. The molecule has 0 saturated carbocycles. The molecule has 218 valence electrons. The minimum absolute atomic E-state index is 0.0243. The number of hydrogen-bond acceptors (Lipinski definition) is 9. The number of nitrogens with zero attached hydrogens (tertiary/aromatic N) is 3. The van der Waals surface area contributed by atoms with Gasteiger partial charge in [0.05, 0.1) is 17.2 Å². The van der Waals surface area contributed by atoms with Crippen molar-refractivity contribution < 1.29 is 24.3 Å². The molecule has 2 heterocycles. The molecule has 0 radical (unpaired) electrons. The van der Waals surface area contributed by atoms with Gasteiger partial charge in [0.25, 0.3) is 11.8 Å². The number of benzene rings is 1. The largest absolute Gasteiger partial charge is 0.481 e. The van der Waals surface area contributed by atoms with Crippen molar-refractivity contribution >= 4 is 75.0 Å². The number of amides is 3. The number of carboxylic acids is 1. The number of carbonyl (C=O) groups excluding carboxylic acids is 3. The highest BCUT2D eigenvalue weighted by Crippen LogP contribution is 2.39. The van der Waals surface area contributed by atoms with E-state index in [1.54, 1.807) is 35.6 Å². The Balaban J connectivity index is 1.60. The van der Waals surface area contributed by atoms with Gasteiger partial charge in [0.2, 0.25) is 11.1 Å². The van der Waals surface area contributed by atoms with Gasteiger partial charge < -0.3 is 10.4 Å². The highest BCUT2D eigenvalue weighted by atomic mass is 35.5. The third-order valence-electron chi connectivity index (χ3n) is 6.06. The van der Waals surface area contributed by atoms with E-state index in [0.29, 0.717) is 22.8 Å². The smallest absolute Gasteiger partial charge is 0.305 e. The van der Waals surface area contributed by atoms with E-state index in [9.17, 15) is 19.2 Å². The van der Waals surface area contributed by atoms with Crippen molar-refractivity contribution in [1.29, 1.82) is 0 Å². The number of hydrogen-bond donors (Lipinski definition) is 5. The first-order valence-electron chi connectivity index (χ1n) is 12.6. The molecule has 4 rings (SSSR count). The molecule has 1 aliphatic rings.